The van der Waals surface area contributed by atoms with Gasteiger partial charge in [-0.3, -0.25) is 9.59 Å². The smallest absolute Gasteiger partial charge is 0.338 e. The minimum absolute atomic E-state index is 0.0132. The predicted octanol–water partition coefficient (Wildman–Crippen LogP) is 6.24. The number of ether oxygens (including phenoxy) is 1. The molecule has 4 nitrogen and oxygen atoms in total. The number of carbonyl (C=O) groups excluding carboxylic acids is 3. The van der Waals surface area contributed by atoms with Gasteiger partial charge >= 0.3 is 5.97 Å². The lowest BCUT2D eigenvalue weighted by atomic mass is 9.44. The van der Waals surface area contributed by atoms with Gasteiger partial charge in [0.05, 0.1) is 5.56 Å². The van der Waals surface area contributed by atoms with Crippen molar-refractivity contribution >= 4 is 40.1 Å². The van der Waals surface area contributed by atoms with E-state index in [-0.39, 0.29) is 40.5 Å². The van der Waals surface area contributed by atoms with Gasteiger partial charge in [0, 0.05) is 21.8 Å². The second kappa shape index (κ2) is 8.46. The van der Waals surface area contributed by atoms with Gasteiger partial charge in [0.2, 0.25) is 0 Å². The lowest BCUT2D eigenvalue weighted by Crippen LogP contribution is -2.58. The van der Waals surface area contributed by atoms with Gasteiger partial charge in [0.15, 0.2) is 0 Å². The molecule has 5 heteroatoms. The number of Topliss-reactive ketones (excluding diaryl/α,β-unsaturated/α-hetero) is 2. The molecule has 8 atom stereocenters. The maximum absolute atomic E-state index is 13.7. The summed E-state index contributed by atoms with van der Waals surface area (Å²) in [6.45, 7) is 6.27. The van der Waals surface area contributed by atoms with Crippen molar-refractivity contribution in [1.29, 1.82) is 0 Å². The van der Waals surface area contributed by atoms with Crippen LogP contribution in [0.15, 0.2) is 24.3 Å². The van der Waals surface area contributed by atoms with Crippen molar-refractivity contribution in [1.82, 2.24) is 0 Å². The average molecular weight is 562 g/mol. The van der Waals surface area contributed by atoms with Crippen molar-refractivity contribution in [3.63, 3.8) is 0 Å². The zero-order chi connectivity index (χ0) is 23.5. The van der Waals surface area contributed by atoms with E-state index < -0.39 is 0 Å². The van der Waals surface area contributed by atoms with Crippen LogP contribution in [0.25, 0.3) is 0 Å². The number of ketones is 2. The highest BCUT2D eigenvalue weighted by molar-refractivity contribution is 14.1. The van der Waals surface area contributed by atoms with Gasteiger partial charge in [0.1, 0.15) is 17.7 Å². The number of hydrogen-bond acceptors (Lipinski definition) is 4. The van der Waals surface area contributed by atoms with Crippen LogP contribution < -0.4 is 0 Å². The second-order valence-electron chi connectivity index (χ2n) is 11.7. The average Bonchev–Trinajstić information content (AvgIpc) is 3.10. The minimum atomic E-state index is -0.235. The van der Waals surface area contributed by atoms with Gasteiger partial charge in [-0.15, -0.1) is 0 Å². The van der Waals surface area contributed by atoms with Crippen LogP contribution in [0.5, 0.6) is 0 Å². The second-order valence-corrected chi connectivity index (χ2v) is 13.0. The Morgan fingerprint density at radius 2 is 1.85 bits per heavy atom. The Balaban J connectivity index is 1.32. The van der Waals surface area contributed by atoms with Gasteiger partial charge in [-0.1, -0.05) is 19.9 Å². The zero-order valence-corrected chi connectivity index (χ0v) is 22.1. The molecule has 5 rings (SSSR count). The van der Waals surface area contributed by atoms with Crippen molar-refractivity contribution in [3.8, 4) is 0 Å². The van der Waals surface area contributed by atoms with Crippen LogP contribution in [0, 0.1) is 44.0 Å². The molecule has 0 aromatic heterocycles. The Morgan fingerprint density at radius 1 is 1.06 bits per heavy atom. The lowest BCUT2D eigenvalue weighted by Gasteiger charge is -2.59. The van der Waals surface area contributed by atoms with Crippen LogP contribution in [0.2, 0.25) is 0 Å². The first-order chi connectivity index (χ1) is 15.6. The number of rotatable bonds is 3. The quantitative estimate of drug-likeness (QED) is 0.323. The summed E-state index contributed by atoms with van der Waals surface area (Å²) in [5.74, 6) is 1.90. The molecule has 178 valence electrons. The molecule has 4 aliphatic rings. The van der Waals surface area contributed by atoms with E-state index in [0.29, 0.717) is 35.5 Å². The first-order valence-electron chi connectivity index (χ1n) is 12.6. The van der Waals surface area contributed by atoms with Crippen molar-refractivity contribution in [2.24, 2.45) is 40.4 Å². The Kier molecular flexibility index (Phi) is 6.02. The molecule has 0 spiro atoms. The third-order valence-corrected chi connectivity index (χ3v) is 10.8. The lowest BCUT2D eigenvalue weighted by molar-refractivity contribution is -0.162. The number of hydrogen-bond donors (Lipinski definition) is 0. The van der Waals surface area contributed by atoms with Crippen LogP contribution in [-0.4, -0.2) is 23.6 Å². The molecule has 33 heavy (non-hydrogen) atoms. The van der Waals surface area contributed by atoms with Crippen LogP contribution >= 0.6 is 22.6 Å². The summed E-state index contributed by atoms with van der Waals surface area (Å²) in [6, 6.07) is 7.54. The molecule has 0 bridgehead atoms. The highest BCUT2D eigenvalue weighted by Crippen LogP contribution is 2.66. The predicted molar refractivity (Wildman–Crippen MR) is 135 cm³/mol. The van der Waals surface area contributed by atoms with E-state index in [1.54, 1.807) is 6.92 Å². The van der Waals surface area contributed by atoms with Crippen LogP contribution in [0.3, 0.4) is 0 Å². The molecule has 0 radical (unpaired) electrons. The minimum Gasteiger partial charge on any atom is -0.459 e. The molecular weight excluding hydrogens is 527 g/mol. The molecule has 0 aliphatic heterocycles. The van der Waals surface area contributed by atoms with Gasteiger partial charge < -0.3 is 4.74 Å². The summed E-state index contributed by atoms with van der Waals surface area (Å²) in [5, 5.41) is 0. The maximum Gasteiger partial charge on any atom is 0.338 e. The SMILES string of the molecule is CC(=O)[C@@H]1CC[C@@H]2[C@@H]3CC[C@H]4C[C@H](OC(=O)c5cccc(I)c5)CC[C@]4(C)[C@@H]3C(=O)C[C@@]21C. The van der Waals surface area contributed by atoms with E-state index in [0.717, 1.165) is 48.5 Å². The number of halogens is 1. The Labute approximate surface area is 210 Å². The molecule has 4 fully saturated rings. The monoisotopic (exact) mass is 562 g/mol. The van der Waals surface area contributed by atoms with Crippen LogP contribution in [0.4, 0.5) is 0 Å². The van der Waals surface area contributed by atoms with E-state index in [9.17, 15) is 14.4 Å². The molecule has 4 aliphatic carbocycles. The summed E-state index contributed by atoms with van der Waals surface area (Å²) in [5.41, 5.74) is 0.454. The third kappa shape index (κ3) is 3.81. The van der Waals surface area contributed by atoms with E-state index in [4.69, 9.17) is 4.74 Å². The Morgan fingerprint density at radius 3 is 2.58 bits per heavy atom. The molecule has 0 N–H and O–H groups in total. The standard InChI is InChI=1S/C28H35IO4/c1-16(30)22-9-10-23-21-8-7-18-14-20(33-26(32)17-5-4-6-19(29)13-17)11-12-27(18,2)25(21)24(31)15-28(22,23)3/h4-6,13,18,20-23,25H,7-12,14-15H2,1-3H3/t18-,20+,21-,22-,23+,25-,27-,28+/m0/s1. The fourth-order valence-electron chi connectivity index (χ4n) is 8.64. The topological polar surface area (TPSA) is 60.4 Å². The first kappa shape index (κ1) is 23.5. The van der Waals surface area contributed by atoms with E-state index in [1.807, 2.05) is 24.3 Å². The summed E-state index contributed by atoms with van der Waals surface area (Å²) >= 11 is 2.21. The van der Waals surface area contributed by atoms with E-state index >= 15 is 0 Å². The normalized spacial score (nSPS) is 42.1. The zero-order valence-electron chi connectivity index (χ0n) is 19.9. The molecular formula is C28H35IO4. The molecule has 0 unspecified atom stereocenters. The van der Waals surface area contributed by atoms with Gasteiger partial charge in [-0.05, 0) is 121 Å². The first-order valence-corrected chi connectivity index (χ1v) is 13.7. The highest BCUT2D eigenvalue weighted by Gasteiger charge is 2.63. The summed E-state index contributed by atoms with van der Waals surface area (Å²) in [4.78, 5) is 38.8. The molecule has 0 heterocycles. The van der Waals surface area contributed by atoms with Gasteiger partial charge in [0.25, 0.3) is 0 Å². The van der Waals surface area contributed by atoms with Crippen molar-refractivity contribution in [2.45, 2.75) is 78.2 Å². The Bertz CT molecular complexity index is 988. The fraction of sp³-hybridized carbons (Fsp3) is 0.679. The highest BCUT2D eigenvalue weighted by atomic mass is 127. The molecule has 1 aromatic rings. The summed E-state index contributed by atoms with van der Waals surface area (Å²) in [6.07, 6.45) is 7.33. The Hall–Kier alpha value is -1.24. The summed E-state index contributed by atoms with van der Waals surface area (Å²) < 4.78 is 6.98. The number of fused-ring (bicyclic) bond motifs is 5. The van der Waals surface area contributed by atoms with Gasteiger partial charge in [-0.2, -0.15) is 0 Å². The van der Waals surface area contributed by atoms with Crippen molar-refractivity contribution in [3.05, 3.63) is 33.4 Å². The van der Waals surface area contributed by atoms with Crippen LogP contribution in [0.1, 0.15) is 82.5 Å². The van der Waals surface area contributed by atoms with Gasteiger partial charge in [-0.25, -0.2) is 4.79 Å². The van der Waals surface area contributed by atoms with Crippen molar-refractivity contribution < 1.29 is 19.1 Å². The summed E-state index contributed by atoms with van der Waals surface area (Å²) in [7, 11) is 0. The number of carbonyl (C=O) groups is 3. The number of benzene rings is 1. The van der Waals surface area contributed by atoms with E-state index in [2.05, 4.69) is 36.4 Å². The van der Waals surface area contributed by atoms with E-state index in [1.165, 1.54) is 0 Å². The van der Waals surface area contributed by atoms with Crippen molar-refractivity contribution in [2.75, 3.05) is 0 Å². The fourth-order valence-corrected chi connectivity index (χ4v) is 9.19. The van der Waals surface area contributed by atoms with Crippen LogP contribution in [-0.2, 0) is 14.3 Å². The third-order valence-electron chi connectivity index (χ3n) is 10.1. The molecule has 0 saturated heterocycles. The number of esters is 1. The largest absolute Gasteiger partial charge is 0.459 e. The molecule has 1 aromatic carbocycles. The maximum atomic E-state index is 13.7. The molecule has 4 saturated carbocycles. The molecule has 0 amide bonds.